The Labute approximate surface area is 210 Å². The molecule has 1 saturated heterocycles. The van der Waals surface area contributed by atoms with Crippen LogP contribution in [0.3, 0.4) is 0 Å². The molecular formula is C26H48O6. The summed E-state index contributed by atoms with van der Waals surface area (Å²) in [7, 11) is 0. The Morgan fingerprint density at radius 3 is 1.97 bits per heavy atom. The molecule has 1 heterocycles. The van der Waals surface area contributed by atoms with Gasteiger partial charge in [0.05, 0.1) is 24.9 Å². The van der Waals surface area contributed by atoms with Crippen LogP contribution in [-0.4, -0.2) is 59.4 Å². The molecule has 0 spiro atoms. The van der Waals surface area contributed by atoms with Crippen molar-refractivity contribution in [2.45, 2.75) is 31.7 Å². The van der Waals surface area contributed by atoms with E-state index >= 15 is 0 Å². The quantitative estimate of drug-likeness (QED) is 0.343. The van der Waals surface area contributed by atoms with Crippen LogP contribution in [0.15, 0.2) is 0 Å². The third-order valence-corrected chi connectivity index (χ3v) is 3.68. The summed E-state index contributed by atoms with van der Waals surface area (Å²) in [6.07, 6.45) is -3.14. The number of carbonyl (C=O) groups is 1. The lowest BCUT2D eigenvalue weighted by molar-refractivity contribution is -0.143. The maximum atomic E-state index is 11.6. The molecule has 4 unspecified atom stereocenters. The Morgan fingerprint density at radius 2 is 1.44 bits per heavy atom. The molecule has 0 aromatic rings. The highest BCUT2D eigenvalue weighted by atomic mass is 16.5. The molecule has 1 aliphatic rings. The molecular weight excluding hydrogens is 408 g/mol. The summed E-state index contributed by atoms with van der Waals surface area (Å²) >= 11 is 0. The second kappa shape index (κ2) is 16.6. The summed E-state index contributed by atoms with van der Waals surface area (Å²) < 4.78 is 10.0. The molecule has 1 fully saturated rings. The number of aliphatic hydroxyl groups excluding tert-OH is 3. The molecule has 0 saturated carbocycles. The van der Waals surface area contributed by atoms with Crippen LogP contribution in [0.25, 0.3) is 0 Å². The van der Waals surface area contributed by atoms with Gasteiger partial charge in [-0.3, -0.25) is 0 Å². The van der Waals surface area contributed by atoms with Gasteiger partial charge in [-0.2, -0.15) is 0 Å². The molecule has 4 atom stereocenters. The van der Waals surface area contributed by atoms with Crippen LogP contribution >= 0.6 is 0 Å². The van der Waals surface area contributed by atoms with E-state index in [9.17, 15) is 20.1 Å². The summed E-state index contributed by atoms with van der Waals surface area (Å²) in [6, 6.07) is 0. The maximum absolute atomic E-state index is 11.6. The van der Waals surface area contributed by atoms with Gasteiger partial charge in [-0.25, -0.2) is 4.79 Å². The normalized spacial score (nSPS) is 18.4. The first-order chi connectivity index (χ1) is 15.6. The van der Waals surface area contributed by atoms with Gasteiger partial charge in [-0.05, 0) is 96.2 Å². The lowest BCUT2D eigenvalue weighted by Gasteiger charge is -2.26. The van der Waals surface area contributed by atoms with E-state index in [1.807, 2.05) is 0 Å². The van der Waals surface area contributed by atoms with Gasteiger partial charge >= 0.3 is 5.97 Å². The van der Waals surface area contributed by atoms with E-state index in [2.05, 4.69) is 94.7 Å². The van der Waals surface area contributed by atoms with Crippen molar-refractivity contribution in [1.82, 2.24) is 0 Å². The zero-order valence-electron chi connectivity index (χ0n) is 17.2. The van der Waals surface area contributed by atoms with E-state index in [1.54, 1.807) is 6.92 Å². The van der Waals surface area contributed by atoms with Crippen molar-refractivity contribution in [1.29, 1.82) is 0 Å². The molecule has 32 heavy (non-hydrogen) atoms. The lowest BCUT2D eigenvalue weighted by Crippen LogP contribution is -2.42. The van der Waals surface area contributed by atoms with Crippen LogP contribution in [0.4, 0.5) is 0 Å². The van der Waals surface area contributed by atoms with Crippen LogP contribution in [-0.2, 0) is 14.3 Å². The van der Waals surface area contributed by atoms with Gasteiger partial charge in [0.1, 0.15) is 6.61 Å². The number of aliphatic hydroxyl groups is 3. The van der Waals surface area contributed by atoms with Crippen molar-refractivity contribution in [3.05, 3.63) is 0 Å². The van der Waals surface area contributed by atoms with E-state index in [4.69, 9.17) is 9.47 Å². The summed E-state index contributed by atoms with van der Waals surface area (Å²) in [5, 5.41) is 29.8. The largest absolute Gasteiger partial charge is 0.453 e. The fraction of sp³-hybridized carbons (Fsp3) is 0.346. The average Bonchev–Trinajstić information content (AvgIpc) is 2.95. The van der Waals surface area contributed by atoms with E-state index < -0.39 is 36.8 Å². The highest BCUT2D eigenvalue weighted by molar-refractivity contribution is 5.89. The van der Waals surface area contributed by atoms with Crippen molar-refractivity contribution in [2.24, 2.45) is 5.92 Å². The van der Waals surface area contributed by atoms with E-state index in [1.165, 1.54) is 0 Å². The molecule has 0 aliphatic carbocycles. The summed E-state index contributed by atoms with van der Waals surface area (Å²) in [6.45, 7) is 1.58. The molecule has 6 heteroatoms. The van der Waals surface area contributed by atoms with E-state index in [0.29, 0.717) is 0 Å². The minimum atomic E-state index is -1.21. The van der Waals surface area contributed by atoms with Gasteiger partial charge in [0, 0.05) is 39.8 Å². The first-order valence-corrected chi connectivity index (χ1v) is 9.27. The number of rotatable bonds is 3. The van der Waals surface area contributed by atoms with E-state index in [0.717, 1.165) is 0 Å². The summed E-state index contributed by atoms with van der Waals surface area (Å²) in [4.78, 5) is 11.6. The van der Waals surface area contributed by atoms with Crippen LogP contribution in [0.2, 0.25) is 0 Å². The first-order valence-electron chi connectivity index (χ1n) is 9.27. The predicted octanol–water partition coefficient (Wildman–Crippen LogP) is 2.39. The van der Waals surface area contributed by atoms with Gasteiger partial charge in [-0.1, -0.05) is 5.92 Å². The van der Waals surface area contributed by atoms with Crippen molar-refractivity contribution in [2.75, 3.05) is 19.8 Å². The third-order valence-electron chi connectivity index (χ3n) is 3.68. The molecule has 1 aliphatic heterocycles. The van der Waals surface area contributed by atoms with Gasteiger partial charge in [0.15, 0.2) is 0 Å². The molecule has 3 N–H and O–H groups in total. The molecule has 0 radical (unpaired) electrons. The maximum Gasteiger partial charge on any atom is 0.385 e. The Bertz CT molecular complexity index is 1210. The summed E-state index contributed by atoms with van der Waals surface area (Å²) in [5.41, 5.74) is 0. The highest BCUT2D eigenvalue weighted by Crippen LogP contribution is 2.19. The van der Waals surface area contributed by atoms with Crippen molar-refractivity contribution in [3.8, 4) is 94.7 Å². The van der Waals surface area contributed by atoms with Crippen molar-refractivity contribution in [3.63, 3.8) is 0 Å². The molecule has 6 nitrogen and oxygen atoms in total. The predicted molar refractivity (Wildman–Crippen MR) is 147 cm³/mol. The van der Waals surface area contributed by atoms with Crippen LogP contribution < -0.4 is 0 Å². The fourth-order valence-corrected chi connectivity index (χ4v) is 2.16. The zero-order valence-corrected chi connectivity index (χ0v) is 17.2. The van der Waals surface area contributed by atoms with Gasteiger partial charge in [0.25, 0.3) is 0 Å². The van der Waals surface area contributed by atoms with Gasteiger partial charge < -0.3 is 24.8 Å². The van der Waals surface area contributed by atoms with Crippen LogP contribution in [0.1, 0.15) is 34.7 Å². The molecule has 0 aromatic carbocycles. The van der Waals surface area contributed by atoms with Crippen LogP contribution in [0, 0.1) is 101 Å². The summed E-state index contributed by atoms with van der Waals surface area (Å²) in [5.74, 6) is 37.2. The minimum absolute atomic E-state index is 0. The standard InChI is InChI=1S/C26H18O6.15H2/c1-2-3-4-5-6-7-8-9-10-11-12-13-14-15-16-17-25(29)32-21-24(28)22-20-31-19-18-23(27)26(22)30;;;;;;;;;;;;;;;/h22-24,26-28,30H,18-21H2,1H3;15*1H. The third kappa shape index (κ3) is 11.7. The average molecular weight is 457 g/mol. The Hall–Kier alpha value is -4.21. The molecule has 0 aromatic heterocycles. The van der Waals surface area contributed by atoms with Gasteiger partial charge in [-0.15, -0.1) is 0 Å². The molecule has 0 bridgehead atoms. The number of hydrogen-bond donors (Lipinski definition) is 3. The number of ether oxygens (including phenoxy) is 2. The monoisotopic (exact) mass is 456 g/mol. The van der Waals surface area contributed by atoms with Crippen molar-refractivity contribution >= 4 is 5.97 Å². The number of carbonyl (C=O) groups excluding carboxylic acids is 1. The van der Waals surface area contributed by atoms with E-state index in [-0.39, 0.29) is 41.0 Å². The first kappa shape index (κ1) is 25.8. The highest BCUT2D eigenvalue weighted by Gasteiger charge is 2.34. The van der Waals surface area contributed by atoms with Crippen molar-refractivity contribution < 1.29 is 51.0 Å². The second-order valence-electron chi connectivity index (χ2n) is 5.88. The fourth-order valence-electron chi connectivity index (χ4n) is 2.16. The smallest absolute Gasteiger partial charge is 0.385 e. The van der Waals surface area contributed by atoms with Crippen LogP contribution in [0.5, 0.6) is 0 Å². The Balaban J connectivity index is -0.0000000525. The Kier molecular flexibility index (Phi) is 13.4. The lowest BCUT2D eigenvalue weighted by atomic mass is 9.93. The number of hydrogen-bond acceptors (Lipinski definition) is 6. The topological polar surface area (TPSA) is 96.2 Å². The molecule has 1 rings (SSSR count). The molecule has 188 valence electrons. The minimum Gasteiger partial charge on any atom is -0.453 e. The molecule has 0 amide bonds. The Morgan fingerprint density at radius 1 is 0.938 bits per heavy atom. The number of esters is 1. The second-order valence-corrected chi connectivity index (χ2v) is 5.88. The van der Waals surface area contributed by atoms with Gasteiger partial charge in [0.2, 0.25) is 0 Å². The SMILES string of the molecule is CC#CC#CC#CC#CC#CC#CC#CC#CC(=O)OCC(O)C1COCCC(O)C1O.[HH].[HH].[HH].[HH].[HH].[HH].[HH].[HH].[HH].[HH].[HH].[HH].[HH].[HH].[HH]. The zero-order chi connectivity index (χ0) is 23.4.